The highest BCUT2D eigenvalue weighted by molar-refractivity contribution is 5.94. The molecule has 0 amide bonds. The van der Waals surface area contributed by atoms with Crippen LogP contribution >= 0.6 is 0 Å². The van der Waals surface area contributed by atoms with Crippen LogP contribution in [0.4, 0.5) is 0 Å². The van der Waals surface area contributed by atoms with E-state index in [1.54, 1.807) is 111 Å². The number of benzene rings is 6. The van der Waals surface area contributed by atoms with Gasteiger partial charge in [-0.05, 0) is 257 Å². The maximum atomic E-state index is 2.53. The van der Waals surface area contributed by atoms with Crippen molar-refractivity contribution in [2.45, 2.75) is 435 Å². The fourth-order valence-corrected chi connectivity index (χ4v) is 16.7. The predicted molar refractivity (Wildman–Crippen MR) is 501 cm³/mol. The van der Waals surface area contributed by atoms with Gasteiger partial charge in [0.05, 0.1) is 0 Å². The largest absolute Gasteiger partial charge is 0.0776 e. The number of hydrogen-bond donors (Lipinski definition) is 0. The summed E-state index contributed by atoms with van der Waals surface area (Å²) in [6, 6.07) is 28.1. The van der Waals surface area contributed by atoms with Crippen LogP contribution in [0.15, 0.2) is 72.8 Å². The number of hydrogen-bond acceptors (Lipinski definition) is 0. The molecule has 0 radical (unpaired) electrons. The van der Waals surface area contributed by atoms with E-state index in [1.165, 1.54) is 51.4 Å². The van der Waals surface area contributed by atoms with Crippen LogP contribution in [0.5, 0.6) is 0 Å². The zero-order valence-corrected chi connectivity index (χ0v) is 71.8. The topological polar surface area (TPSA) is 0 Å². The highest BCUT2D eigenvalue weighted by atomic mass is 14.4. The molecule has 0 heteroatoms. The van der Waals surface area contributed by atoms with Crippen molar-refractivity contribution in [2.24, 2.45) is 47.3 Å². The summed E-state index contributed by atoms with van der Waals surface area (Å²) in [7, 11) is 0. The van der Waals surface area contributed by atoms with Gasteiger partial charge in [0.25, 0.3) is 0 Å². The summed E-state index contributed by atoms with van der Waals surface area (Å²) >= 11 is 0. The lowest BCUT2D eigenvalue weighted by Gasteiger charge is -2.20. The molecule has 0 aromatic heterocycles. The zero-order chi connectivity index (χ0) is 74.9. The molecule has 14 rings (SSSR count). The highest BCUT2D eigenvalue weighted by Gasteiger charge is 2.40. The molecule has 6 aromatic carbocycles. The summed E-state index contributed by atoms with van der Waals surface area (Å²) in [5, 5.41) is 6.16. The Morgan fingerprint density at radius 3 is 0.750 bits per heavy atom. The molecular formula is C104H196. The standard InChI is InChI=1S/2C20H24.2C16H22.12C2H6.8CH4/c1-11-9-17-15-7-5-6-8-16(15)19-13(3)12(2)10-18(19)20(17)14(11)4;1-11-9-17-15-7-5-6-8-16(15)18-10-12(2)14(4)20(18)19(17)13(11)3;1-9-5-13-7-16-12(4)10(2)6-14(16)8-15(13)11(9)3;1-9-7-13-5-6-14-11(3)10(2)8-15(14)16(13)12(9)4;12*1-2;;;;;;;;/h2*5-8,11-14H,9-10H2,1-4H3;7-12H,5-6H2,1-4H3;5-6,9-12H,7-8H2,1-4H3;12*1-2H3;8*1H4/t11-,12-,13-,14-;11-,12+,13-,14+;2*9-,10-,11-,12-;;;;;;;;;;;;;;;;;;;;/m1.11..................../s1. The lowest BCUT2D eigenvalue weighted by Crippen LogP contribution is -2.04. The van der Waals surface area contributed by atoms with Crippen molar-refractivity contribution in [3.63, 3.8) is 0 Å². The minimum atomic E-state index is 0. The Labute approximate surface area is 661 Å². The Morgan fingerprint density at radius 2 is 0.404 bits per heavy atom. The van der Waals surface area contributed by atoms with Crippen LogP contribution in [0, 0.1) is 47.3 Å². The molecular weight excluding hydrogens is 1250 g/mol. The van der Waals surface area contributed by atoms with E-state index in [0.29, 0.717) is 5.92 Å². The molecule has 0 bridgehead atoms. The molecule has 16 atom stereocenters. The Bertz CT molecular complexity index is 2960. The van der Waals surface area contributed by atoms with Gasteiger partial charge in [-0.1, -0.05) is 409 Å². The summed E-state index contributed by atoms with van der Waals surface area (Å²) in [6.07, 6.45) is 10.3. The van der Waals surface area contributed by atoms with Crippen molar-refractivity contribution in [2.75, 3.05) is 0 Å². The van der Waals surface area contributed by atoms with E-state index in [0.717, 1.165) is 88.8 Å². The third kappa shape index (κ3) is 26.3. The van der Waals surface area contributed by atoms with Crippen LogP contribution in [0.2, 0.25) is 0 Å². The molecule has 0 N–H and O–H groups in total. The molecule has 104 heavy (non-hydrogen) atoms. The molecule has 0 unspecified atom stereocenters. The average molecular weight is 1450 g/mol. The van der Waals surface area contributed by atoms with Crippen molar-refractivity contribution in [3.8, 4) is 0 Å². The van der Waals surface area contributed by atoms with Crippen LogP contribution in [0.1, 0.15) is 473 Å². The van der Waals surface area contributed by atoms with Gasteiger partial charge in [-0.25, -0.2) is 0 Å². The highest BCUT2D eigenvalue weighted by Crippen LogP contribution is 2.54. The van der Waals surface area contributed by atoms with E-state index in [-0.39, 0.29) is 59.4 Å². The van der Waals surface area contributed by atoms with E-state index in [9.17, 15) is 0 Å². The normalized spacial score (nSPS) is 24.0. The van der Waals surface area contributed by atoms with Crippen molar-refractivity contribution in [1.29, 1.82) is 0 Å². The SMILES string of the molecule is C.C.C.C.C.C.C.C.CC.CC.CC.CC.CC.CC.CC.CC.CC.CC.CC.CC.C[C@@H]1Cc2c(c3c(c4ccccc24)C[C@H](C)[C@@H]3C)[C@@H]1C.C[C@@H]1Cc2c(c3c(c4ccccc24)[C@H](C)[C@H](C)C3)[C@@H]1C.C[C@@H]1Cc2c(ccc3c2[C@H](C)[C@H](C)C3)[C@@H]1C.C[C@@H]1Cc2cc3c(cc2[C@@H]1C)C[C@@H](C)[C@H]3C. The van der Waals surface area contributed by atoms with Gasteiger partial charge in [0, 0.05) is 0 Å². The van der Waals surface area contributed by atoms with Crippen LogP contribution in [0.3, 0.4) is 0 Å². The van der Waals surface area contributed by atoms with E-state index in [4.69, 9.17) is 0 Å². The Hall–Kier alpha value is -4.16. The number of fused-ring (bicyclic) bond motifs is 17. The molecule has 0 saturated heterocycles. The summed E-state index contributed by atoms with van der Waals surface area (Å²) < 4.78 is 0. The first-order chi connectivity index (χ1) is 46.4. The summed E-state index contributed by atoms with van der Waals surface area (Å²) in [4.78, 5) is 0. The van der Waals surface area contributed by atoms with Gasteiger partial charge in [0.1, 0.15) is 0 Å². The first-order valence-corrected chi connectivity index (χ1v) is 41.8. The quantitative estimate of drug-likeness (QED) is 0.142. The van der Waals surface area contributed by atoms with Crippen LogP contribution in [-0.2, 0) is 51.4 Å². The average Bonchev–Trinajstić information content (AvgIpc) is 1.57. The minimum Gasteiger partial charge on any atom is -0.0776 e. The maximum Gasteiger partial charge on any atom is -0.0143 e. The van der Waals surface area contributed by atoms with Crippen molar-refractivity contribution in [1.82, 2.24) is 0 Å². The van der Waals surface area contributed by atoms with Crippen LogP contribution in [0.25, 0.3) is 21.5 Å². The van der Waals surface area contributed by atoms with E-state index >= 15 is 0 Å². The Balaban J connectivity index is -0.000000126. The van der Waals surface area contributed by atoms with Crippen molar-refractivity contribution >= 4 is 21.5 Å². The van der Waals surface area contributed by atoms with Gasteiger partial charge in [-0.3, -0.25) is 0 Å². The van der Waals surface area contributed by atoms with Gasteiger partial charge in [0.15, 0.2) is 0 Å². The van der Waals surface area contributed by atoms with Crippen molar-refractivity contribution < 1.29 is 0 Å². The predicted octanol–water partition coefficient (Wildman–Crippen LogP) is 36.8. The summed E-state index contributed by atoms with van der Waals surface area (Å²) in [5.41, 5.74) is 26.9. The fourth-order valence-electron chi connectivity index (χ4n) is 16.7. The van der Waals surface area contributed by atoms with Gasteiger partial charge in [-0.15, -0.1) is 0 Å². The minimum absolute atomic E-state index is 0. The van der Waals surface area contributed by atoms with Gasteiger partial charge in [-0.2, -0.15) is 0 Å². The third-order valence-corrected chi connectivity index (χ3v) is 22.8. The number of rotatable bonds is 0. The van der Waals surface area contributed by atoms with Crippen LogP contribution in [-0.4, -0.2) is 0 Å². The smallest absolute Gasteiger partial charge is 0.0143 e. The first kappa shape index (κ1) is 121. The molecule has 612 valence electrons. The molecule has 0 fully saturated rings. The third-order valence-electron chi connectivity index (χ3n) is 22.8. The molecule has 0 nitrogen and oxygen atoms in total. The second-order valence-electron chi connectivity index (χ2n) is 26.9. The first-order valence-electron chi connectivity index (χ1n) is 41.8. The van der Waals surface area contributed by atoms with Gasteiger partial charge >= 0.3 is 0 Å². The summed E-state index contributed by atoms with van der Waals surface area (Å²) in [6.45, 7) is 86.7. The molecule has 0 spiro atoms. The second-order valence-corrected chi connectivity index (χ2v) is 26.9. The molecule has 0 saturated carbocycles. The lowest BCUT2D eigenvalue weighted by atomic mass is 9.85. The van der Waals surface area contributed by atoms with Crippen LogP contribution < -0.4 is 0 Å². The molecule has 8 aliphatic rings. The van der Waals surface area contributed by atoms with Gasteiger partial charge in [0.2, 0.25) is 0 Å². The maximum absolute atomic E-state index is 2.53. The van der Waals surface area contributed by atoms with E-state index in [1.807, 2.05) is 166 Å². The molecule has 0 heterocycles. The fraction of sp³-hybridized carbons (Fsp3) is 0.692. The zero-order valence-electron chi connectivity index (χ0n) is 71.8. The van der Waals surface area contributed by atoms with Gasteiger partial charge < -0.3 is 0 Å². The lowest BCUT2D eigenvalue weighted by molar-refractivity contribution is 0.511. The van der Waals surface area contributed by atoms with E-state index in [2.05, 4.69) is 184 Å². The monoisotopic (exact) mass is 1450 g/mol. The molecule has 6 aromatic rings. The Morgan fingerprint density at radius 1 is 0.183 bits per heavy atom. The van der Waals surface area contributed by atoms with Crippen molar-refractivity contribution in [3.05, 3.63) is 162 Å². The Kier molecular flexibility index (Phi) is 71.7. The summed E-state index contributed by atoms with van der Waals surface area (Å²) in [5.74, 6) is 12.5. The molecule has 8 aliphatic carbocycles. The molecule has 0 aliphatic heterocycles. The van der Waals surface area contributed by atoms with E-state index < -0.39 is 0 Å². The second kappa shape index (κ2) is 61.7.